The zero-order chi connectivity index (χ0) is 13.7. The molecular formula is C14H17N3O2S. The Balaban J connectivity index is 1.63. The van der Waals surface area contributed by atoms with E-state index in [1.54, 1.807) is 0 Å². The molecule has 0 radical (unpaired) electrons. The molecule has 20 heavy (non-hydrogen) atoms. The number of fused-ring (bicyclic) bond motifs is 1. The lowest BCUT2D eigenvalue weighted by atomic mass is 9.93. The second-order valence-corrected chi connectivity index (χ2v) is 7.04. The molecule has 0 N–H and O–H groups in total. The second kappa shape index (κ2) is 4.55. The van der Waals surface area contributed by atoms with E-state index >= 15 is 0 Å². The zero-order valence-corrected chi connectivity index (χ0v) is 12.3. The summed E-state index contributed by atoms with van der Waals surface area (Å²) in [6.45, 7) is 2.70. The zero-order valence-electron chi connectivity index (χ0n) is 11.5. The van der Waals surface area contributed by atoms with E-state index in [0.717, 1.165) is 38.0 Å². The van der Waals surface area contributed by atoms with E-state index in [2.05, 4.69) is 17.1 Å². The number of aromatic nitrogens is 3. The molecule has 4 rings (SSSR count). The summed E-state index contributed by atoms with van der Waals surface area (Å²) in [5, 5.41) is 4.02. The largest absolute Gasteiger partial charge is 0.339 e. The van der Waals surface area contributed by atoms with Gasteiger partial charge < -0.3 is 4.52 Å². The lowest BCUT2D eigenvalue weighted by molar-refractivity contribution is 0.372. The molecule has 0 spiro atoms. The molecule has 2 aromatic rings. The SMILES string of the molecule is CC1CCc2c(sc(=O)n2Cc2noc(C3CC3)n2)C1. The Hall–Kier alpha value is -1.43. The van der Waals surface area contributed by atoms with E-state index in [9.17, 15) is 4.79 Å². The molecule has 1 atom stereocenters. The van der Waals surface area contributed by atoms with Crippen LogP contribution in [0.3, 0.4) is 0 Å². The molecule has 6 heteroatoms. The van der Waals surface area contributed by atoms with Crippen molar-refractivity contribution in [2.24, 2.45) is 5.92 Å². The van der Waals surface area contributed by atoms with Gasteiger partial charge in [-0.3, -0.25) is 9.36 Å². The molecule has 2 aromatic heterocycles. The van der Waals surface area contributed by atoms with Crippen LogP contribution in [-0.2, 0) is 19.4 Å². The molecule has 1 fully saturated rings. The van der Waals surface area contributed by atoms with Gasteiger partial charge in [0.05, 0.1) is 6.54 Å². The summed E-state index contributed by atoms with van der Waals surface area (Å²) in [6, 6.07) is 0. The van der Waals surface area contributed by atoms with Crippen molar-refractivity contribution in [3.8, 4) is 0 Å². The standard InChI is InChI=1S/C14H17N3O2S/c1-8-2-5-10-11(6-8)20-14(18)17(10)7-12-15-13(19-16-12)9-3-4-9/h8-9H,2-7H2,1H3. The predicted molar refractivity (Wildman–Crippen MR) is 75.1 cm³/mol. The number of thiazole rings is 1. The third kappa shape index (κ3) is 2.12. The van der Waals surface area contributed by atoms with Gasteiger partial charge in [-0.2, -0.15) is 4.98 Å². The predicted octanol–water partition coefficient (Wildman–Crippen LogP) is 2.34. The van der Waals surface area contributed by atoms with E-state index in [-0.39, 0.29) is 4.87 Å². The van der Waals surface area contributed by atoms with E-state index in [1.807, 2.05) is 4.57 Å². The van der Waals surface area contributed by atoms with Crippen LogP contribution in [0.1, 0.15) is 54.4 Å². The number of hydrogen-bond donors (Lipinski definition) is 0. The van der Waals surface area contributed by atoms with E-state index in [1.165, 1.54) is 21.9 Å². The smallest absolute Gasteiger partial charge is 0.307 e. The third-order valence-corrected chi connectivity index (χ3v) is 5.24. The molecular weight excluding hydrogens is 274 g/mol. The average molecular weight is 291 g/mol. The maximum atomic E-state index is 12.2. The van der Waals surface area contributed by atoms with Crippen molar-refractivity contribution in [3.63, 3.8) is 0 Å². The Kier molecular flexibility index (Phi) is 2.80. The molecule has 2 aliphatic carbocycles. The highest BCUT2D eigenvalue weighted by atomic mass is 32.1. The molecule has 0 aliphatic heterocycles. The Labute approximate surface area is 120 Å². The maximum absolute atomic E-state index is 12.2. The minimum absolute atomic E-state index is 0.113. The first-order valence-electron chi connectivity index (χ1n) is 7.24. The summed E-state index contributed by atoms with van der Waals surface area (Å²) in [6.07, 6.45) is 5.47. The first-order chi connectivity index (χ1) is 9.70. The molecule has 1 unspecified atom stereocenters. The summed E-state index contributed by atoms with van der Waals surface area (Å²) in [5.74, 6) is 2.52. The van der Waals surface area contributed by atoms with Gasteiger partial charge in [0.2, 0.25) is 5.89 Å². The summed E-state index contributed by atoms with van der Waals surface area (Å²) < 4.78 is 7.11. The Bertz CT molecular complexity index is 696. The van der Waals surface area contributed by atoms with Gasteiger partial charge in [-0.1, -0.05) is 23.4 Å². The van der Waals surface area contributed by atoms with Crippen LogP contribution in [-0.4, -0.2) is 14.7 Å². The summed E-state index contributed by atoms with van der Waals surface area (Å²) in [4.78, 5) is 17.9. The van der Waals surface area contributed by atoms with Crippen LogP contribution in [0.2, 0.25) is 0 Å². The van der Waals surface area contributed by atoms with Crippen molar-refractivity contribution in [1.29, 1.82) is 0 Å². The first kappa shape index (κ1) is 12.3. The average Bonchev–Trinajstić information content (AvgIpc) is 3.09. The number of nitrogens with zero attached hydrogens (tertiary/aromatic N) is 3. The topological polar surface area (TPSA) is 60.9 Å². The fraction of sp³-hybridized carbons (Fsp3) is 0.643. The highest BCUT2D eigenvalue weighted by Gasteiger charge is 2.30. The van der Waals surface area contributed by atoms with Crippen molar-refractivity contribution >= 4 is 11.3 Å². The Morgan fingerprint density at radius 3 is 3.05 bits per heavy atom. The van der Waals surface area contributed by atoms with E-state index < -0.39 is 0 Å². The monoisotopic (exact) mass is 291 g/mol. The minimum Gasteiger partial charge on any atom is -0.339 e. The summed E-state index contributed by atoms with van der Waals surface area (Å²) in [5.41, 5.74) is 1.19. The van der Waals surface area contributed by atoms with E-state index in [0.29, 0.717) is 24.2 Å². The fourth-order valence-electron chi connectivity index (χ4n) is 2.84. The molecule has 106 valence electrons. The Morgan fingerprint density at radius 2 is 2.25 bits per heavy atom. The molecule has 0 bridgehead atoms. The van der Waals surface area contributed by atoms with Crippen LogP contribution >= 0.6 is 11.3 Å². The molecule has 2 aliphatic rings. The number of hydrogen-bond acceptors (Lipinski definition) is 5. The van der Waals surface area contributed by atoms with Crippen molar-refractivity contribution in [2.45, 2.75) is 51.5 Å². The van der Waals surface area contributed by atoms with Crippen molar-refractivity contribution in [3.05, 3.63) is 32.0 Å². The third-order valence-electron chi connectivity index (χ3n) is 4.20. The second-order valence-electron chi connectivity index (χ2n) is 6.00. The molecule has 1 saturated carbocycles. The Morgan fingerprint density at radius 1 is 1.40 bits per heavy atom. The summed E-state index contributed by atoms with van der Waals surface area (Å²) >= 11 is 1.39. The van der Waals surface area contributed by atoms with Crippen molar-refractivity contribution in [2.75, 3.05) is 0 Å². The lowest BCUT2D eigenvalue weighted by Gasteiger charge is -2.18. The normalized spacial score (nSPS) is 21.9. The van der Waals surface area contributed by atoms with Crippen LogP contribution in [0.25, 0.3) is 0 Å². The first-order valence-corrected chi connectivity index (χ1v) is 8.06. The van der Waals surface area contributed by atoms with E-state index in [4.69, 9.17) is 4.52 Å². The van der Waals surface area contributed by atoms with Gasteiger partial charge in [-0.05, 0) is 38.0 Å². The van der Waals surface area contributed by atoms with Crippen LogP contribution in [0, 0.1) is 5.92 Å². The van der Waals surface area contributed by atoms with Gasteiger partial charge in [0.15, 0.2) is 5.82 Å². The molecule has 0 aromatic carbocycles. The number of rotatable bonds is 3. The fourth-order valence-corrected chi connectivity index (χ4v) is 4.04. The quantitative estimate of drug-likeness (QED) is 0.871. The van der Waals surface area contributed by atoms with Crippen molar-refractivity contribution in [1.82, 2.24) is 14.7 Å². The van der Waals surface area contributed by atoms with Gasteiger partial charge in [-0.15, -0.1) is 0 Å². The molecule has 0 saturated heterocycles. The minimum atomic E-state index is 0.113. The highest BCUT2D eigenvalue weighted by Crippen LogP contribution is 2.38. The molecule has 0 amide bonds. The molecule has 5 nitrogen and oxygen atoms in total. The lowest BCUT2D eigenvalue weighted by Crippen LogP contribution is -2.20. The van der Waals surface area contributed by atoms with Gasteiger partial charge in [0, 0.05) is 16.5 Å². The molecule has 2 heterocycles. The van der Waals surface area contributed by atoms with Gasteiger partial charge >= 0.3 is 4.87 Å². The van der Waals surface area contributed by atoms with Crippen LogP contribution in [0.5, 0.6) is 0 Å². The van der Waals surface area contributed by atoms with Crippen LogP contribution in [0.4, 0.5) is 0 Å². The van der Waals surface area contributed by atoms with Gasteiger partial charge in [0.25, 0.3) is 0 Å². The highest BCUT2D eigenvalue weighted by molar-refractivity contribution is 7.09. The maximum Gasteiger partial charge on any atom is 0.307 e. The van der Waals surface area contributed by atoms with Crippen LogP contribution in [0.15, 0.2) is 9.32 Å². The van der Waals surface area contributed by atoms with Gasteiger partial charge in [-0.25, -0.2) is 0 Å². The van der Waals surface area contributed by atoms with Crippen molar-refractivity contribution < 1.29 is 4.52 Å². The van der Waals surface area contributed by atoms with Crippen LogP contribution < -0.4 is 4.87 Å². The van der Waals surface area contributed by atoms with Gasteiger partial charge in [0.1, 0.15) is 0 Å². The summed E-state index contributed by atoms with van der Waals surface area (Å²) in [7, 11) is 0.